The number of hydrogen-bond donors (Lipinski definition) is 0. The van der Waals surface area contributed by atoms with Crippen LogP contribution in [0, 0.1) is 29.1 Å². The van der Waals surface area contributed by atoms with Gasteiger partial charge in [-0.15, -0.1) is 0 Å². The molecule has 0 unspecified atom stereocenters. The molecule has 0 spiro atoms. The van der Waals surface area contributed by atoms with Crippen molar-refractivity contribution in [2.45, 2.75) is 55.9 Å². The fraction of sp³-hybridized carbons (Fsp3) is 0.423. The van der Waals surface area contributed by atoms with E-state index in [2.05, 4.69) is 26.8 Å². The highest BCUT2D eigenvalue weighted by molar-refractivity contribution is 7.99. The van der Waals surface area contributed by atoms with Crippen LogP contribution in [0.4, 0.5) is 0 Å². The molecule has 1 aliphatic carbocycles. The zero-order valence-corrected chi connectivity index (χ0v) is 19.6. The van der Waals surface area contributed by atoms with Crippen LogP contribution in [0.3, 0.4) is 0 Å². The Labute approximate surface area is 194 Å². The summed E-state index contributed by atoms with van der Waals surface area (Å²) in [6, 6.07) is 16.4. The highest BCUT2D eigenvalue weighted by Crippen LogP contribution is 2.35. The lowest BCUT2D eigenvalue weighted by Crippen LogP contribution is -2.36. The average Bonchev–Trinajstić information content (AvgIpc) is 2.78. The smallest absolute Gasteiger partial charge is 0.344 e. The molecule has 0 aliphatic heterocycles. The summed E-state index contributed by atoms with van der Waals surface area (Å²) in [5.74, 6) is 0.191. The maximum atomic E-state index is 12.7. The first-order valence-corrected chi connectivity index (χ1v) is 11.8. The molecule has 1 aliphatic rings. The Bertz CT molecular complexity index is 997. The van der Waals surface area contributed by atoms with Gasteiger partial charge in [-0.25, -0.2) is 9.59 Å². The van der Waals surface area contributed by atoms with E-state index in [4.69, 9.17) is 9.47 Å². The van der Waals surface area contributed by atoms with Gasteiger partial charge in [0.1, 0.15) is 12.2 Å². The van der Waals surface area contributed by atoms with Gasteiger partial charge >= 0.3 is 11.9 Å². The van der Waals surface area contributed by atoms with Gasteiger partial charge in [0.25, 0.3) is 0 Å². The number of hydrogen-bond acceptors (Lipinski definition) is 6. The highest BCUT2D eigenvalue weighted by atomic mass is 32.2. The van der Waals surface area contributed by atoms with Crippen LogP contribution in [-0.4, -0.2) is 24.6 Å². The van der Waals surface area contributed by atoms with Gasteiger partial charge in [0.15, 0.2) is 6.61 Å². The van der Waals surface area contributed by atoms with Gasteiger partial charge < -0.3 is 9.47 Å². The molecule has 3 atom stereocenters. The number of esters is 2. The van der Waals surface area contributed by atoms with E-state index in [1.807, 2.05) is 18.2 Å². The van der Waals surface area contributed by atoms with Gasteiger partial charge in [0.05, 0.1) is 11.1 Å². The van der Waals surface area contributed by atoms with E-state index in [1.54, 1.807) is 30.3 Å². The number of ether oxygens (including phenoxy) is 2. The SMILES string of the molecule is CC(C)[C@H]1CC[C@@H](C)C[C@@H]1OC(=O)COC(=O)c1ccccc1Sc1ccccc1C#N. The lowest BCUT2D eigenvalue weighted by atomic mass is 9.75. The Morgan fingerprint density at radius 1 is 1.09 bits per heavy atom. The Morgan fingerprint density at radius 2 is 1.78 bits per heavy atom. The van der Waals surface area contributed by atoms with Crippen molar-refractivity contribution in [2.24, 2.45) is 17.8 Å². The summed E-state index contributed by atoms with van der Waals surface area (Å²) in [6.07, 6.45) is 2.91. The number of nitriles is 1. The van der Waals surface area contributed by atoms with Crippen molar-refractivity contribution in [1.82, 2.24) is 0 Å². The Kier molecular flexibility index (Phi) is 8.35. The van der Waals surface area contributed by atoms with Crippen molar-refractivity contribution in [3.63, 3.8) is 0 Å². The van der Waals surface area contributed by atoms with Crippen molar-refractivity contribution in [3.8, 4) is 6.07 Å². The van der Waals surface area contributed by atoms with Gasteiger partial charge in [-0.3, -0.25) is 0 Å². The molecule has 5 nitrogen and oxygen atoms in total. The zero-order valence-electron chi connectivity index (χ0n) is 18.7. The van der Waals surface area contributed by atoms with Crippen molar-refractivity contribution in [2.75, 3.05) is 6.61 Å². The monoisotopic (exact) mass is 451 g/mol. The van der Waals surface area contributed by atoms with Crippen LogP contribution >= 0.6 is 11.8 Å². The molecular weight excluding hydrogens is 422 g/mol. The zero-order chi connectivity index (χ0) is 23.1. The standard InChI is InChI=1S/C26H29NO4S/c1-17(2)20-13-12-18(3)14-22(20)31-25(28)16-30-26(29)21-9-5-7-11-24(21)32-23-10-6-4-8-19(23)15-27/h4-11,17-18,20,22H,12-14,16H2,1-3H3/t18-,20-,22+/m1/s1. The molecule has 0 saturated heterocycles. The Morgan fingerprint density at radius 3 is 2.50 bits per heavy atom. The quantitative estimate of drug-likeness (QED) is 0.490. The summed E-state index contributed by atoms with van der Waals surface area (Å²) in [5, 5.41) is 9.32. The number of carbonyl (C=O) groups is 2. The first-order valence-electron chi connectivity index (χ1n) is 11.0. The molecule has 168 valence electrons. The summed E-state index contributed by atoms with van der Waals surface area (Å²) in [4.78, 5) is 26.6. The molecule has 32 heavy (non-hydrogen) atoms. The minimum atomic E-state index is -0.586. The van der Waals surface area contributed by atoms with Crippen molar-refractivity contribution in [1.29, 1.82) is 5.26 Å². The first kappa shape index (κ1) is 23.9. The molecular formula is C26H29NO4S. The van der Waals surface area contributed by atoms with Crippen LogP contribution in [0.25, 0.3) is 0 Å². The molecule has 0 aromatic heterocycles. The van der Waals surface area contributed by atoms with E-state index < -0.39 is 18.5 Å². The average molecular weight is 452 g/mol. The molecule has 0 heterocycles. The van der Waals surface area contributed by atoms with Gasteiger partial charge in [0, 0.05) is 9.79 Å². The minimum absolute atomic E-state index is 0.129. The van der Waals surface area contributed by atoms with Crippen LogP contribution in [0.15, 0.2) is 58.3 Å². The number of nitrogens with zero attached hydrogens (tertiary/aromatic N) is 1. The number of rotatable bonds is 7. The summed E-state index contributed by atoms with van der Waals surface area (Å²) in [5.41, 5.74) is 0.884. The van der Waals surface area contributed by atoms with Crippen LogP contribution in [0.2, 0.25) is 0 Å². The van der Waals surface area contributed by atoms with E-state index in [0.29, 0.717) is 33.8 Å². The molecule has 1 fully saturated rings. The van der Waals surface area contributed by atoms with E-state index >= 15 is 0 Å². The summed E-state index contributed by atoms with van der Waals surface area (Å²) in [6.45, 7) is 6.07. The summed E-state index contributed by atoms with van der Waals surface area (Å²) in [7, 11) is 0. The van der Waals surface area contributed by atoms with E-state index in [-0.39, 0.29) is 6.10 Å². The van der Waals surface area contributed by atoms with Crippen molar-refractivity contribution >= 4 is 23.7 Å². The maximum Gasteiger partial charge on any atom is 0.344 e. The van der Waals surface area contributed by atoms with Crippen molar-refractivity contribution < 1.29 is 19.1 Å². The third kappa shape index (κ3) is 6.14. The van der Waals surface area contributed by atoms with E-state index in [1.165, 1.54) is 11.8 Å². The van der Waals surface area contributed by atoms with E-state index in [9.17, 15) is 14.9 Å². The van der Waals surface area contributed by atoms with E-state index in [0.717, 1.165) is 24.2 Å². The third-order valence-corrected chi connectivity index (χ3v) is 7.05. The normalized spacial score (nSPS) is 20.4. The first-order chi connectivity index (χ1) is 15.4. The topological polar surface area (TPSA) is 76.4 Å². The van der Waals surface area contributed by atoms with Gasteiger partial charge in [-0.1, -0.05) is 63.2 Å². The van der Waals surface area contributed by atoms with Gasteiger partial charge in [0.2, 0.25) is 0 Å². The molecule has 1 saturated carbocycles. The molecule has 2 aromatic carbocycles. The highest BCUT2D eigenvalue weighted by Gasteiger charge is 2.33. The Hall–Kier alpha value is -2.78. The molecule has 2 aromatic rings. The largest absolute Gasteiger partial charge is 0.460 e. The van der Waals surface area contributed by atoms with Crippen LogP contribution in [0.5, 0.6) is 0 Å². The molecule has 0 amide bonds. The maximum absolute atomic E-state index is 12.7. The molecule has 0 bridgehead atoms. The second-order valence-electron chi connectivity index (χ2n) is 8.64. The lowest BCUT2D eigenvalue weighted by molar-refractivity contribution is -0.159. The second kappa shape index (κ2) is 11.2. The van der Waals surface area contributed by atoms with Gasteiger partial charge in [-0.2, -0.15) is 5.26 Å². The fourth-order valence-corrected chi connectivity index (χ4v) is 5.16. The fourth-order valence-electron chi connectivity index (χ4n) is 4.15. The summed E-state index contributed by atoms with van der Waals surface area (Å²) >= 11 is 1.32. The van der Waals surface area contributed by atoms with Crippen LogP contribution in [0.1, 0.15) is 56.0 Å². The van der Waals surface area contributed by atoms with Crippen molar-refractivity contribution in [3.05, 3.63) is 59.7 Å². The minimum Gasteiger partial charge on any atom is -0.460 e. The lowest BCUT2D eigenvalue weighted by Gasteiger charge is -2.36. The van der Waals surface area contributed by atoms with Gasteiger partial charge in [-0.05, 0) is 54.9 Å². The summed E-state index contributed by atoms with van der Waals surface area (Å²) < 4.78 is 11.0. The molecule has 3 rings (SSSR count). The number of benzene rings is 2. The number of carbonyl (C=O) groups excluding carboxylic acids is 2. The predicted molar refractivity (Wildman–Crippen MR) is 123 cm³/mol. The Balaban J connectivity index is 1.63. The predicted octanol–water partition coefficient (Wildman–Crippen LogP) is 5.87. The second-order valence-corrected chi connectivity index (χ2v) is 9.72. The molecule has 0 radical (unpaired) electrons. The molecule has 6 heteroatoms. The van der Waals surface area contributed by atoms with Crippen LogP contribution < -0.4 is 0 Å². The van der Waals surface area contributed by atoms with Crippen LogP contribution in [-0.2, 0) is 14.3 Å². The molecule has 0 N–H and O–H groups in total. The third-order valence-electron chi connectivity index (χ3n) is 5.90.